The molecule has 2 aliphatic heterocycles. The van der Waals surface area contributed by atoms with E-state index in [0.29, 0.717) is 17.7 Å². The predicted octanol–water partition coefficient (Wildman–Crippen LogP) is 2.17. The maximum Gasteiger partial charge on any atom is 0.230 e. The van der Waals surface area contributed by atoms with Crippen molar-refractivity contribution in [3.63, 3.8) is 0 Å². The molecule has 1 saturated carbocycles. The second-order valence-electron chi connectivity index (χ2n) is 8.84. The van der Waals surface area contributed by atoms with Gasteiger partial charge in [0.2, 0.25) is 11.8 Å². The first kappa shape index (κ1) is 18.7. The number of likely N-dealkylation sites (tertiary alicyclic amines) is 1. The number of nitrogens with zero attached hydrogens (tertiary/aromatic N) is 1. The molecule has 5 heteroatoms. The van der Waals surface area contributed by atoms with Crippen LogP contribution in [-0.2, 0) is 9.59 Å². The summed E-state index contributed by atoms with van der Waals surface area (Å²) < 4.78 is 0. The van der Waals surface area contributed by atoms with E-state index in [1.807, 2.05) is 0 Å². The standard InChI is InChI=1S/C20H35N3O2/c1-14(2)15(3)22-18(24)16-7-10-23(11-8-16)19(25)20-9-5-4-6-17(20)12-21-13-20/h14-17,21H,4-13H2,1-3H3,(H,22,24)/t15?,17-,20+/m0/s1. The number of carbonyl (C=O) groups is 2. The fourth-order valence-electron chi connectivity index (χ4n) is 4.84. The molecule has 2 saturated heterocycles. The number of hydrogen-bond acceptors (Lipinski definition) is 3. The average Bonchev–Trinajstić information content (AvgIpc) is 3.06. The van der Waals surface area contributed by atoms with Crippen molar-refractivity contribution in [3.05, 3.63) is 0 Å². The van der Waals surface area contributed by atoms with Gasteiger partial charge < -0.3 is 15.5 Å². The van der Waals surface area contributed by atoms with Crippen LogP contribution < -0.4 is 10.6 Å². The van der Waals surface area contributed by atoms with E-state index in [1.54, 1.807) is 0 Å². The molecule has 1 unspecified atom stereocenters. The molecule has 0 bridgehead atoms. The van der Waals surface area contributed by atoms with E-state index in [1.165, 1.54) is 19.3 Å². The van der Waals surface area contributed by atoms with Gasteiger partial charge in [0.1, 0.15) is 0 Å². The molecule has 3 rings (SSSR count). The van der Waals surface area contributed by atoms with Crippen LogP contribution in [0.4, 0.5) is 0 Å². The summed E-state index contributed by atoms with van der Waals surface area (Å²) in [6, 6.07) is 0.207. The Balaban J connectivity index is 1.55. The molecule has 142 valence electrons. The molecule has 2 N–H and O–H groups in total. The molecule has 3 aliphatic rings. The van der Waals surface area contributed by atoms with Gasteiger partial charge >= 0.3 is 0 Å². The number of carbonyl (C=O) groups excluding carboxylic acids is 2. The van der Waals surface area contributed by atoms with Gasteiger partial charge in [-0.2, -0.15) is 0 Å². The molecule has 25 heavy (non-hydrogen) atoms. The van der Waals surface area contributed by atoms with Gasteiger partial charge in [0.25, 0.3) is 0 Å². The van der Waals surface area contributed by atoms with Crippen molar-refractivity contribution in [2.75, 3.05) is 26.2 Å². The van der Waals surface area contributed by atoms with E-state index >= 15 is 0 Å². The lowest BCUT2D eigenvalue weighted by molar-refractivity contribution is -0.148. The Labute approximate surface area is 152 Å². The highest BCUT2D eigenvalue weighted by Gasteiger charge is 2.51. The van der Waals surface area contributed by atoms with Crippen LogP contribution in [0.5, 0.6) is 0 Å². The van der Waals surface area contributed by atoms with Crippen LogP contribution in [0.3, 0.4) is 0 Å². The van der Waals surface area contributed by atoms with Crippen LogP contribution in [-0.4, -0.2) is 48.9 Å². The summed E-state index contributed by atoms with van der Waals surface area (Å²) in [5.41, 5.74) is -0.153. The zero-order chi connectivity index (χ0) is 18.0. The van der Waals surface area contributed by atoms with Crippen LogP contribution >= 0.6 is 0 Å². The van der Waals surface area contributed by atoms with E-state index in [0.717, 1.165) is 45.4 Å². The molecule has 0 aromatic heterocycles. The Morgan fingerprint density at radius 2 is 1.84 bits per heavy atom. The van der Waals surface area contributed by atoms with Gasteiger partial charge in [-0.3, -0.25) is 9.59 Å². The second kappa shape index (κ2) is 7.65. The highest BCUT2D eigenvalue weighted by Crippen LogP contribution is 2.45. The van der Waals surface area contributed by atoms with Crippen molar-refractivity contribution in [1.29, 1.82) is 0 Å². The van der Waals surface area contributed by atoms with Crippen molar-refractivity contribution in [3.8, 4) is 0 Å². The van der Waals surface area contributed by atoms with Crippen molar-refractivity contribution in [2.24, 2.45) is 23.2 Å². The first-order chi connectivity index (χ1) is 11.9. The number of amides is 2. The van der Waals surface area contributed by atoms with E-state index in [9.17, 15) is 9.59 Å². The fourth-order valence-corrected chi connectivity index (χ4v) is 4.84. The molecule has 0 aromatic carbocycles. The van der Waals surface area contributed by atoms with Gasteiger partial charge in [0, 0.05) is 31.6 Å². The minimum absolute atomic E-state index is 0.0617. The van der Waals surface area contributed by atoms with Crippen molar-refractivity contribution in [2.45, 2.75) is 65.3 Å². The first-order valence-corrected chi connectivity index (χ1v) is 10.2. The van der Waals surface area contributed by atoms with E-state index in [-0.39, 0.29) is 23.3 Å². The molecule has 3 atom stereocenters. The second-order valence-corrected chi connectivity index (χ2v) is 8.84. The fraction of sp³-hybridized carbons (Fsp3) is 0.900. The SMILES string of the molecule is CC(C)C(C)NC(=O)C1CCN(C(=O)[C@@]23CCCC[C@H]2CNC3)CC1. The summed E-state index contributed by atoms with van der Waals surface area (Å²) in [7, 11) is 0. The molecule has 5 nitrogen and oxygen atoms in total. The molecule has 0 spiro atoms. The Bertz CT molecular complexity index is 499. The average molecular weight is 350 g/mol. The quantitative estimate of drug-likeness (QED) is 0.818. The van der Waals surface area contributed by atoms with Gasteiger partial charge in [-0.05, 0) is 51.0 Å². The maximum atomic E-state index is 13.3. The summed E-state index contributed by atoms with van der Waals surface area (Å²) in [6.45, 7) is 9.64. The topological polar surface area (TPSA) is 61.4 Å². The van der Waals surface area contributed by atoms with Gasteiger partial charge in [-0.1, -0.05) is 26.7 Å². The van der Waals surface area contributed by atoms with Gasteiger partial charge in [-0.15, -0.1) is 0 Å². The summed E-state index contributed by atoms with van der Waals surface area (Å²) in [4.78, 5) is 27.8. The third-order valence-corrected chi connectivity index (χ3v) is 6.99. The van der Waals surface area contributed by atoms with Crippen molar-refractivity contribution < 1.29 is 9.59 Å². The molecular formula is C20H35N3O2. The number of hydrogen-bond donors (Lipinski definition) is 2. The molecule has 2 heterocycles. The Morgan fingerprint density at radius 3 is 2.52 bits per heavy atom. The minimum atomic E-state index is -0.153. The van der Waals surface area contributed by atoms with Crippen molar-refractivity contribution >= 4 is 11.8 Å². The largest absolute Gasteiger partial charge is 0.353 e. The first-order valence-electron chi connectivity index (χ1n) is 10.2. The van der Waals surface area contributed by atoms with E-state index < -0.39 is 0 Å². The molecule has 1 aliphatic carbocycles. The number of nitrogens with one attached hydrogen (secondary N) is 2. The third-order valence-electron chi connectivity index (χ3n) is 6.99. The summed E-state index contributed by atoms with van der Waals surface area (Å²) >= 11 is 0. The van der Waals surface area contributed by atoms with Crippen LogP contribution in [0.2, 0.25) is 0 Å². The lowest BCUT2D eigenvalue weighted by Crippen LogP contribution is -2.53. The van der Waals surface area contributed by atoms with Crippen LogP contribution in [0.25, 0.3) is 0 Å². The Hall–Kier alpha value is -1.10. The highest BCUT2D eigenvalue weighted by atomic mass is 16.2. The monoisotopic (exact) mass is 349 g/mol. The smallest absolute Gasteiger partial charge is 0.230 e. The van der Waals surface area contributed by atoms with Gasteiger partial charge in [0.05, 0.1) is 5.41 Å². The molecule has 3 fully saturated rings. The Kier molecular flexibility index (Phi) is 5.71. The zero-order valence-corrected chi connectivity index (χ0v) is 16.1. The molecule has 0 aromatic rings. The Morgan fingerprint density at radius 1 is 1.12 bits per heavy atom. The van der Waals surface area contributed by atoms with E-state index in [4.69, 9.17) is 0 Å². The van der Waals surface area contributed by atoms with Crippen molar-refractivity contribution in [1.82, 2.24) is 15.5 Å². The van der Waals surface area contributed by atoms with Gasteiger partial charge in [0.15, 0.2) is 0 Å². The summed E-state index contributed by atoms with van der Waals surface area (Å²) in [5, 5.41) is 6.61. The zero-order valence-electron chi connectivity index (χ0n) is 16.1. The maximum absolute atomic E-state index is 13.3. The predicted molar refractivity (Wildman–Crippen MR) is 99.0 cm³/mol. The van der Waals surface area contributed by atoms with Gasteiger partial charge in [-0.25, -0.2) is 0 Å². The van der Waals surface area contributed by atoms with Crippen LogP contribution in [0.15, 0.2) is 0 Å². The molecular weight excluding hydrogens is 314 g/mol. The lowest BCUT2D eigenvalue weighted by atomic mass is 9.67. The van der Waals surface area contributed by atoms with E-state index in [2.05, 4.69) is 36.3 Å². The minimum Gasteiger partial charge on any atom is -0.353 e. The highest BCUT2D eigenvalue weighted by molar-refractivity contribution is 5.85. The summed E-state index contributed by atoms with van der Waals surface area (Å²) in [5.74, 6) is 1.55. The number of fused-ring (bicyclic) bond motifs is 1. The molecule has 0 radical (unpaired) electrons. The molecule has 2 amide bonds. The lowest BCUT2D eigenvalue weighted by Gasteiger charge is -2.42. The third kappa shape index (κ3) is 3.71. The number of rotatable bonds is 4. The summed E-state index contributed by atoms with van der Waals surface area (Å²) in [6.07, 6.45) is 6.27. The normalized spacial score (nSPS) is 31.7. The van der Waals surface area contributed by atoms with Crippen LogP contribution in [0, 0.1) is 23.2 Å². The van der Waals surface area contributed by atoms with Crippen LogP contribution in [0.1, 0.15) is 59.3 Å². The number of piperidine rings is 1.